The Morgan fingerprint density at radius 2 is 1.61 bits per heavy atom. The fraction of sp³-hybridized carbons (Fsp3) is 0.604. The molecule has 1 aromatic heterocycles. The highest BCUT2D eigenvalue weighted by Gasteiger charge is 2.42. The Morgan fingerprint density at radius 1 is 0.919 bits per heavy atom. The number of ether oxygens (including phenoxy) is 2. The molecule has 1 aliphatic heterocycles. The third-order valence-electron chi connectivity index (χ3n) is 12.6. The van der Waals surface area contributed by atoms with Crippen LogP contribution >= 0.6 is 11.3 Å². The molecule has 8 unspecified atom stereocenters. The highest BCUT2D eigenvalue weighted by Crippen LogP contribution is 2.30. The molecule has 0 saturated carbocycles. The van der Waals surface area contributed by atoms with E-state index >= 15 is 0 Å². The van der Waals surface area contributed by atoms with Gasteiger partial charge in [-0.3, -0.25) is 24.1 Å². The fourth-order valence-electron chi connectivity index (χ4n) is 8.89. The Balaban J connectivity index is 1.39. The largest absolute Gasteiger partial charge is 0.379 e. The summed E-state index contributed by atoms with van der Waals surface area (Å²) < 4.78 is 12.1. The van der Waals surface area contributed by atoms with Crippen LogP contribution in [0.4, 0.5) is 5.69 Å². The van der Waals surface area contributed by atoms with Gasteiger partial charge in [0.15, 0.2) is 0 Å². The molecule has 8 atom stereocenters. The molecule has 0 radical (unpaired) electrons. The van der Waals surface area contributed by atoms with E-state index in [-0.39, 0.29) is 60.5 Å². The average molecular weight is 876 g/mol. The van der Waals surface area contributed by atoms with Crippen molar-refractivity contribution in [2.75, 3.05) is 66.9 Å². The van der Waals surface area contributed by atoms with Crippen LogP contribution in [-0.4, -0.2) is 136 Å². The van der Waals surface area contributed by atoms with Crippen molar-refractivity contribution in [2.24, 2.45) is 17.8 Å². The number of benzene rings is 2. The number of hydrogen-bond acceptors (Lipinski definition) is 10. The van der Waals surface area contributed by atoms with Crippen molar-refractivity contribution in [3.05, 3.63) is 82.3 Å². The Hall–Kier alpha value is -4.37. The van der Waals surface area contributed by atoms with Crippen molar-refractivity contribution >= 4 is 40.7 Å². The van der Waals surface area contributed by atoms with E-state index in [4.69, 9.17) is 9.47 Å². The molecule has 1 saturated heterocycles. The van der Waals surface area contributed by atoms with Gasteiger partial charge >= 0.3 is 0 Å². The molecular weight excluding hydrogens is 803 g/mol. The number of aromatic nitrogens is 1. The minimum Gasteiger partial charge on any atom is -0.379 e. The van der Waals surface area contributed by atoms with Crippen molar-refractivity contribution in [3.63, 3.8) is 0 Å². The quantitative estimate of drug-likeness (QED) is 0.114. The number of methoxy groups -OCH3 is 2. The van der Waals surface area contributed by atoms with Gasteiger partial charge in [0, 0.05) is 65.7 Å². The predicted molar refractivity (Wildman–Crippen MR) is 248 cm³/mol. The molecule has 62 heavy (non-hydrogen) atoms. The van der Waals surface area contributed by atoms with Crippen LogP contribution in [0.5, 0.6) is 0 Å². The van der Waals surface area contributed by atoms with E-state index in [1.54, 1.807) is 32.4 Å². The molecule has 4 amide bonds. The van der Waals surface area contributed by atoms with Gasteiger partial charge in [0.05, 0.1) is 55.3 Å². The SMILES string of the molecule is CCC(C)C(C(CC(=O)N1CCCC1C(OC)C(C)C(=O)NC(Cc1ccccc1)c1nccs1)OC)N(C)C(=O)CNC(=O)C(C(C)C)N(C)CCc1ccc(N(C)C)cc1. The molecule has 0 bridgehead atoms. The normalized spacial score (nSPS) is 17.5. The lowest BCUT2D eigenvalue weighted by Crippen LogP contribution is -2.55. The predicted octanol–water partition coefficient (Wildman–Crippen LogP) is 5.84. The molecule has 13 nitrogen and oxygen atoms in total. The van der Waals surface area contributed by atoms with E-state index in [0.29, 0.717) is 25.9 Å². The molecule has 2 heterocycles. The number of rotatable bonds is 24. The van der Waals surface area contributed by atoms with Crippen molar-refractivity contribution in [1.29, 1.82) is 0 Å². The van der Waals surface area contributed by atoms with Gasteiger partial charge in [-0.1, -0.05) is 83.5 Å². The summed E-state index contributed by atoms with van der Waals surface area (Å²) in [6.45, 7) is 11.0. The third-order valence-corrected chi connectivity index (χ3v) is 13.5. The number of likely N-dealkylation sites (tertiary alicyclic amines) is 1. The Morgan fingerprint density at radius 3 is 2.19 bits per heavy atom. The van der Waals surface area contributed by atoms with Gasteiger partial charge in [-0.2, -0.15) is 0 Å². The van der Waals surface area contributed by atoms with Gasteiger partial charge in [0.25, 0.3) is 0 Å². The lowest BCUT2D eigenvalue weighted by Gasteiger charge is -2.39. The first-order chi connectivity index (χ1) is 29.6. The maximum atomic E-state index is 14.3. The number of thiazole rings is 1. The number of carbonyl (C=O) groups is 4. The van der Waals surface area contributed by atoms with Gasteiger partial charge in [0.1, 0.15) is 5.01 Å². The van der Waals surface area contributed by atoms with Crippen LogP contribution in [0.25, 0.3) is 0 Å². The molecule has 14 heteroatoms. The first-order valence-corrected chi connectivity index (χ1v) is 23.1. The highest BCUT2D eigenvalue weighted by atomic mass is 32.1. The second-order valence-corrected chi connectivity index (χ2v) is 18.4. The average Bonchev–Trinajstić information content (AvgIpc) is 3.99. The highest BCUT2D eigenvalue weighted by molar-refractivity contribution is 7.09. The van der Waals surface area contributed by atoms with E-state index in [9.17, 15) is 19.2 Å². The summed E-state index contributed by atoms with van der Waals surface area (Å²) in [6, 6.07) is 17.0. The standard InChI is InChI=1S/C48H73N7O6S/c1-12-33(4)44(54(9)42(57)31-50-47(59)43(32(2)3)53(8)27-24-35-20-22-37(23-21-35)52(6)7)40(60-10)30-41(56)55-26-16-19-39(55)45(61-11)34(5)46(58)51-38(48-49-25-28-62-48)29-36-17-14-13-15-18-36/h13-15,17-18,20-23,25,28,32-34,38-40,43-45H,12,16,19,24,26-27,29-31H2,1-11H3,(H,50,59)(H,51,58). The monoisotopic (exact) mass is 876 g/mol. The van der Waals surface area contributed by atoms with Gasteiger partial charge in [0.2, 0.25) is 23.6 Å². The number of likely N-dealkylation sites (N-methyl/N-ethyl adjacent to an activating group) is 2. The zero-order valence-corrected chi connectivity index (χ0v) is 39.8. The van der Waals surface area contributed by atoms with Crippen molar-refractivity contribution in [3.8, 4) is 0 Å². The fourth-order valence-corrected chi connectivity index (χ4v) is 9.58. The molecule has 2 aromatic carbocycles. The number of hydrogen-bond donors (Lipinski definition) is 2. The molecular formula is C48H73N7O6S. The van der Waals surface area contributed by atoms with E-state index in [1.165, 1.54) is 16.9 Å². The summed E-state index contributed by atoms with van der Waals surface area (Å²) in [4.78, 5) is 67.9. The minimum absolute atomic E-state index is 0.00905. The molecule has 3 aromatic rings. The van der Waals surface area contributed by atoms with Crippen LogP contribution in [0.3, 0.4) is 0 Å². The lowest BCUT2D eigenvalue weighted by molar-refractivity contribution is -0.146. The maximum absolute atomic E-state index is 14.3. The van der Waals surface area contributed by atoms with Crippen LogP contribution in [0.15, 0.2) is 66.2 Å². The number of amides is 4. The summed E-state index contributed by atoms with van der Waals surface area (Å²) in [6.07, 6.45) is 4.25. The van der Waals surface area contributed by atoms with Crippen LogP contribution in [0, 0.1) is 17.8 Å². The van der Waals surface area contributed by atoms with E-state index < -0.39 is 30.2 Å². The van der Waals surface area contributed by atoms with Gasteiger partial charge in [-0.15, -0.1) is 11.3 Å². The molecule has 342 valence electrons. The van der Waals surface area contributed by atoms with E-state index in [1.807, 2.05) is 82.5 Å². The maximum Gasteiger partial charge on any atom is 0.242 e. The zero-order valence-electron chi connectivity index (χ0n) is 39.0. The summed E-state index contributed by atoms with van der Waals surface area (Å²) in [5, 5.41) is 8.90. The number of nitrogens with one attached hydrogen (secondary N) is 2. The van der Waals surface area contributed by atoms with Crippen molar-refractivity contribution in [2.45, 2.75) is 110 Å². The molecule has 2 N–H and O–H groups in total. The van der Waals surface area contributed by atoms with Crippen molar-refractivity contribution < 1.29 is 28.7 Å². The van der Waals surface area contributed by atoms with E-state index in [2.05, 4.69) is 63.5 Å². The topological polar surface area (TPSA) is 137 Å². The third kappa shape index (κ3) is 13.6. The molecule has 1 aliphatic rings. The van der Waals surface area contributed by atoms with Gasteiger partial charge in [-0.05, 0) is 67.8 Å². The first kappa shape index (κ1) is 50.3. The second kappa shape index (κ2) is 24.5. The lowest BCUT2D eigenvalue weighted by atomic mass is 9.90. The van der Waals surface area contributed by atoms with Crippen LogP contribution < -0.4 is 15.5 Å². The summed E-state index contributed by atoms with van der Waals surface area (Å²) in [7, 11) is 10.9. The summed E-state index contributed by atoms with van der Waals surface area (Å²) in [5.41, 5.74) is 3.42. The Labute approximate surface area is 374 Å². The zero-order chi connectivity index (χ0) is 45.5. The molecule has 4 rings (SSSR count). The number of nitrogens with zero attached hydrogens (tertiary/aromatic N) is 5. The Kier molecular flexibility index (Phi) is 19.8. The Bertz CT molecular complexity index is 1830. The van der Waals surface area contributed by atoms with Crippen LogP contribution in [0.1, 0.15) is 82.5 Å². The molecule has 0 spiro atoms. The minimum atomic E-state index is -0.608. The van der Waals surface area contributed by atoms with E-state index in [0.717, 1.165) is 35.5 Å². The summed E-state index contributed by atoms with van der Waals surface area (Å²) in [5.74, 6) is -1.28. The van der Waals surface area contributed by atoms with Crippen molar-refractivity contribution in [1.82, 2.24) is 30.3 Å². The van der Waals surface area contributed by atoms with Gasteiger partial charge in [-0.25, -0.2) is 4.98 Å². The smallest absolute Gasteiger partial charge is 0.242 e. The first-order valence-electron chi connectivity index (χ1n) is 22.2. The second-order valence-electron chi connectivity index (χ2n) is 17.5. The number of carbonyl (C=O) groups excluding carboxylic acids is 4. The summed E-state index contributed by atoms with van der Waals surface area (Å²) >= 11 is 1.51. The van der Waals surface area contributed by atoms with Gasteiger partial charge < -0.3 is 34.8 Å². The number of anilines is 1. The molecule has 1 fully saturated rings. The molecule has 0 aliphatic carbocycles. The van der Waals surface area contributed by atoms with Crippen LogP contribution in [-0.2, 0) is 41.5 Å². The van der Waals surface area contributed by atoms with Crippen LogP contribution in [0.2, 0.25) is 0 Å².